The van der Waals surface area contributed by atoms with Crippen LogP contribution in [0.4, 0.5) is 0 Å². The van der Waals surface area contributed by atoms with Gasteiger partial charge in [0.25, 0.3) is 0 Å². The summed E-state index contributed by atoms with van der Waals surface area (Å²) >= 11 is 0. The summed E-state index contributed by atoms with van der Waals surface area (Å²) in [5, 5.41) is 0. The van der Waals surface area contributed by atoms with Crippen LogP contribution in [0.15, 0.2) is 53.4 Å². The fourth-order valence-electron chi connectivity index (χ4n) is 2.89. The summed E-state index contributed by atoms with van der Waals surface area (Å²) in [6.07, 6.45) is 2.96. The molecular weight excluding hydrogens is 338 g/mol. The number of piperidine rings is 1. The second kappa shape index (κ2) is 7.89. The zero-order valence-corrected chi connectivity index (χ0v) is 15.2. The molecule has 6 heteroatoms. The van der Waals surface area contributed by atoms with Crippen LogP contribution in [0.1, 0.15) is 24.8 Å². The number of benzene rings is 2. The Labute approximate surface area is 149 Å². The molecule has 0 radical (unpaired) electrons. The van der Waals surface area contributed by atoms with Gasteiger partial charge in [-0.25, -0.2) is 8.42 Å². The van der Waals surface area contributed by atoms with Gasteiger partial charge in [0.2, 0.25) is 10.0 Å². The smallest absolute Gasteiger partial charge is 0.243 e. The molecule has 1 aliphatic heterocycles. The van der Waals surface area contributed by atoms with E-state index < -0.39 is 10.0 Å². The van der Waals surface area contributed by atoms with Crippen molar-refractivity contribution in [1.29, 1.82) is 0 Å². The van der Waals surface area contributed by atoms with E-state index in [4.69, 9.17) is 9.47 Å². The predicted molar refractivity (Wildman–Crippen MR) is 96.4 cm³/mol. The van der Waals surface area contributed by atoms with Crippen molar-refractivity contribution in [2.45, 2.75) is 30.8 Å². The quantitative estimate of drug-likeness (QED) is 0.791. The van der Waals surface area contributed by atoms with Gasteiger partial charge in [0.1, 0.15) is 18.1 Å². The number of nitrogens with zero attached hydrogens (tertiary/aromatic N) is 1. The zero-order chi connectivity index (χ0) is 17.7. The lowest BCUT2D eigenvalue weighted by atomic mass is 10.2. The van der Waals surface area contributed by atoms with Crippen LogP contribution in [0.3, 0.4) is 0 Å². The summed E-state index contributed by atoms with van der Waals surface area (Å²) in [7, 11) is -1.77. The first-order chi connectivity index (χ1) is 12.1. The third-order valence-electron chi connectivity index (χ3n) is 4.32. The molecule has 0 unspecified atom stereocenters. The number of sulfonamides is 1. The van der Waals surface area contributed by atoms with Crippen LogP contribution in [0.5, 0.6) is 11.5 Å². The minimum Gasteiger partial charge on any atom is -0.497 e. The highest BCUT2D eigenvalue weighted by Crippen LogP contribution is 2.23. The largest absolute Gasteiger partial charge is 0.497 e. The van der Waals surface area contributed by atoms with Crippen molar-refractivity contribution < 1.29 is 17.9 Å². The third-order valence-corrected chi connectivity index (χ3v) is 6.23. The van der Waals surface area contributed by atoms with E-state index in [0.717, 1.165) is 30.6 Å². The fourth-order valence-corrected chi connectivity index (χ4v) is 4.41. The Kier molecular flexibility index (Phi) is 5.60. The summed E-state index contributed by atoms with van der Waals surface area (Å²) in [6.45, 7) is 1.61. The van der Waals surface area contributed by atoms with Gasteiger partial charge in [0, 0.05) is 13.1 Å². The van der Waals surface area contributed by atoms with Crippen molar-refractivity contribution in [3.63, 3.8) is 0 Å². The van der Waals surface area contributed by atoms with Gasteiger partial charge in [0.05, 0.1) is 12.0 Å². The first-order valence-corrected chi connectivity index (χ1v) is 9.89. The van der Waals surface area contributed by atoms with Gasteiger partial charge in [0.15, 0.2) is 0 Å². The van der Waals surface area contributed by atoms with E-state index in [1.54, 1.807) is 35.7 Å². The molecule has 0 aliphatic carbocycles. The molecule has 3 rings (SSSR count). The summed E-state index contributed by atoms with van der Waals surface area (Å²) in [5.74, 6) is 1.42. The van der Waals surface area contributed by atoms with E-state index in [1.165, 1.54) is 0 Å². The van der Waals surface area contributed by atoms with Crippen LogP contribution < -0.4 is 9.47 Å². The molecule has 134 valence electrons. The molecule has 0 N–H and O–H groups in total. The maximum Gasteiger partial charge on any atom is 0.243 e. The lowest BCUT2D eigenvalue weighted by Gasteiger charge is -2.25. The van der Waals surface area contributed by atoms with Crippen molar-refractivity contribution in [3.8, 4) is 11.5 Å². The summed E-state index contributed by atoms with van der Waals surface area (Å²) in [6, 6.07) is 14.3. The molecule has 0 spiro atoms. The van der Waals surface area contributed by atoms with Gasteiger partial charge >= 0.3 is 0 Å². The van der Waals surface area contributed by atoms with Crippen LogP contribution in [-0.4, -0.2) is 32.9 Å². The van der Waals surface area contributed by atoms with E-state index in [-0.39, 0.29) is 0 Å². The summed E-state index contributed by atoms with van der Waals surface area (Å²) in [4.78, 5) is 0.322. The number of ether oxygens (including phenoxy) is 2. The van der Waals surface area contributed by atoms with Crippen molar-refractivity contribution in [3.05, 3.63) is 54.1 Å². The molecule has 0 atom stereocenters. The highest BCUT2D eigenvalue weighted by molar-refractivity contribution is 7.89. The third kappa shape index (κ3) is 4.32. The molecular formula is C19H23NO4S. The highest BCUT2D eigenvalue weighted by Gasteiger charge is 2.25. The van der Waals surface area contributed by atoms with E-state index >= 15 is 0 Å². The van der Waals surface area contributed by atoms with E-state index in [9.17, 15) is 8.42 Å². The van der Waals surface area contributed by atoms with Crippen LogP contribution in [0.25, 0.3) is 0 Å². The normalized spacial score (nSPS) is 15.7. The summed E-state index contributed by atoms with van der Waals surface area (Å²) < 4.78 is 37.7. The molecule has 0 bridgehead atoms. The molecule has 0 aromatic heterocycles. The average molecular weight is 361 g/mol. The van der Waals surface area contributed by atoms with Crippen molar-refractivity contribution in [1.82, 2.24) is 4.31 Å². The molecule has 2 aromatic rings. The molecule has 1 fully saturated rings. The number of hydrogen-bond donors (Lipinski definition) is 0. The second-order valence-electron chi connectivity index (χ2n) is 6.08. The molecule has 2 aromatic carbocycles. The standard InChI is InChI=1S/C19H23NO4S/c1-23-18-7-5-6-16(14-18)15-24-17-8-10-19(11-9-17)25(21,22)20-12-3-2-4-13-20/h5-11,14H,2-4,12-13,15H2,1H3. The minimum atomic E-state index is -3.39. The van der Waals surface area contributed by atoms with Crippen LogP contribution in [0.2, 0.25) is 0 Å². The van der Waals surface area contributed by atoms with Crippen molar-refractivity contribution >= 4 is 10.0 Å². The van der Waals surface area contributed by atoms with E-state index in [1.807, 2.05) is 24.3 Å². The summed E-state index contributed by atoms with van der Waals surface area (Å²) in [5.41, 5.74) is 0.990. The number of methoxy groups -OCH3 is 1. The van der Waals surface area contributed by atoms with Crippen molar-refractivity contribution in [2.75, 3.05) is 20.2 Å². The Morgan fingerprint density at radius 1 is 0.960 bits per heavy atom. The molecule has 0 saturated carbocycles. The predicted octanol–water partition coefficient (Wildman–Crippen LogP) is 3.45. The Bertz CT molecular complexity index is 796. The SMILES string of the molecule is COc1cccc(COc2ccc(S(=O)(=O)N3CCCCC3)cc2)c1. The van der Waals surface area contributed by atoms with Gasteiger partial charge in [-0.2, -0.15) is 4.31 Å². The van der Waals surface area contributed by atoms with Gasteiger partial charge in [-0.1, -0.05) is 18.6 Å². The van der Waals surface area contributed by atoms with E-state index in [0.29, 0.717) is 30.3 Å². The van der Waals surface area contributed by atoms with Gasteiger partial charge < -0.3 is 9.47 Å². The Morgan fingerprint density at radius 2 is 1.68 bits per heavy atom. The van der Waals surface area contributed by atoms with Gasteiger partial charge in [-0.05, 0) is 54.8 Å². The molecule has 1 saturated heterocycles. The van der Waals surface area contributed by atoms with Crippen LogP contribution >= 0.6 is 0 Å². The zero-order valence-electron chi connectivity index (χ0n) is 14.3. The number of rotatable bonds is 6. The van der Waals surface area contributed by atoms with Gasteiger partial charge in [-0.15, -0.1) is 0 Å². The number of hydrogen-bond acceptors (Lipinski definition) is 4. The Morgan fingerprint density at radius 3 is 2.36 bits per heavy atom. The molecule has 1 aliphatic rings. The van der Waals surface area contributed by atoms with Gasteiger partial charge in [-0.3, -0.25) is 0 Å². The Balaban J connectivity index is 1.65. The van der Waals surface area contributed by atoms with Crippen LogP contribution in [0, 0.1) is 0 Å². The highest BCUT2D eigenvalue weighted by atomic mass is 32.2. The maximum atomic E-state index is 12.6. The lowest BCUT2D eigenvalue weighted by molar-refractivity contribution is 0.305. The molecule has 0 amide bonds. The molecule has 1 heterocycles. The minimum absolute atomic E-state index is 0.322. The topological polar surface area (TPSA) is 55.8 Å². The first kappa shape index (κ1) is 17.8. The lowest BCUT2D eigenvalue weighted by Crippen LogP contribution is -2.35. The molecule has 25 heavy (non-hydrogen) atoms. The fraction of sp³-hybridized carbons (Fsp3) is 0.368. The second-order valence-corrected chi connectivity index (χ2v) is 8.01. The first-order valence-electron chi connectivity index (χ1n) is 8.45. The van der Waals surface area contributed by atoms with Crippen LogP contribution in [-0.2, 0) is 16.6 Å². The maximum absolute atomic E-state index is 12.6. The Hall–Kier alpha value is -2.05. The monoisotopic (exact) mass is 361 g/mol. The average Bonchev–Trinajstić information content (AvgIpc) is 2.67. The molecule has 5 nitrogen and oxygen atoms in total. The van der Waals surface area contributed by atoms with Crippen molar-refractivity contribution in [2.24, 2.45) is 0 Å². The van der Waals surface area contributed by atoms with E-state index in [2.05, 4.69) is 0 Å².